The Balaban J connectivity index is 2.94. The summed E-state index contributed by atoms with van der Waals surface area (Å²) < 4.78 is 36.1. The lowest BCUT2D eigenvalue weighted by atomic mass is 10.1. The van der Waals surface area contributed by atoms with Gasteiger partial charge in [-0.3, -0.25) is 0 Å². The monoisotopic (exact) mass is 172 g/mol. The highest BCUT2D eigenvalue weighted by Gasteiger charge is 2.32. The summed E-state index contributed by atoms with van der Waals surface area (Å²) in [4.78, 5) is 0. The molecule has 0 atom stereocenters. The van der Waals surface area contributed by atoms with Crippen LogP contribution >= 0.6 is 0 Å². The Hall–Kier alpha value is -1.25. The molecule has 0 aliphatic heterocycles. The second-order valence-corrected chi connectivity index (χ2v) is 2.34. The maximum Gasteiger partial charge on any atom is 0.416 e. The van der Waals surface area contributed by atoms with E-state index in [1.807, 2.05) is 0 Å². The second-order valence-electron chi connectivity index (χ2n) is 2.34. The molecule has 0 radical (unpaired) electrons. The van der Waals surface area contributed by atoms with E-state index in [1.165, 1.54) is 12.1 Å². The Kier molecular flexibility index (Phi) is 2.22. The summed E-state index contributed by atoms with van der Waals surface area (Å²) in [6.45, 7) is 2.97. The number of hydrogen-bond acceptors (Lipinski definition) is 0. The first kappa shape index (κ1) is 8.84. The minimum atomic E-state index is -4.33. The van der Waals surface area contributed by atoms with Crippen molar-refractivity contribution in [1.82, 2.24) is 0 Å². The molecule has 0 saturated carbocycles. The van der Waals surface area contributed by atoms with Crippen molar-refractivity contribution in [2.75, 3.05) is 0 Å². The topological polar surface area (TPSA) is 0 Å². The Morgan fingerprint density at radius 2 is 1.58 bits per heavy atom. The number of halogens is 3. The molecule has 12 heavy (non-hydrogen) atoms. The number of allylic oxidation sites excluding steroid dienone is 1. The van der Waals surface area contributed by atoms with Crippen LogP contribution in [0.4, 0.5) is 13.2 Å². The fourth-order valence-corrected chi connectivity index (χ4v) is 0.803. The molecule has 1 aromatic carbocycles. The largest absolute Gasteiger partial charge is 0.416 e. The lowest BCUT2D eigenvalue weighted by Crippen LogP contribution is -2.09. The van der Waals surface area contributed by atoms with E-state index in [4.69, 9.17) is 0 Å². The quantitative estimate of drug-likeness (QED) is 0.609. The third-order valence-corrected chi connectivity index (χ3v) is 1.46. The van der Waals surface area contributed by atoms with Gasteiger partial charge in [0.25, 0.3) is 0 Å². The minimum Gasteiger partial charge on any atom is -0.166 e. The zero-order valence-corrected chi connectivity index (χ0v) is 6.23. The molecule has 1 rings (SSSR count). The Bertz CT molecular complexity index is 272. The van der Waals surface area contributed by atoms with Gasteiger partial charge in [0.15, 0.2) is 0 Å². The van der Waals surface area contributed by atoms with E-state index in [-0.39, 0.29) is 5.56 Å². The summed E-state index contributed by atoms with van der Waals surface area (Å²) >= 11 is 0. The Morgan fingerprint density at radius 1 is 1.08 bits per heavy atom. The van der Waals surface area contributed by atoms with Crippen LogP contribution < -0.4 is 0 Å². The molecule has 0 spiro atoms. The normalized spacial score (nSPS) is 11.2. The van der Waals surface area contributed by atoms with E-state index >= 15 is 0 Å². The Labute approximate surface area is 68.3 Å². The van der Waals surface area contributed by atoms with E-state index < -0.39 is 11.7 Å². The van der Waals surface area contributed by atoms with Gasteiger partial charge in [-0.25, -0.2) is 0 Å². The summed E-state index contributed by atoms with van der Waals surface area (Å²) in [5.74, 6) is 0. The van der Waals surface area contributed by atoms with Crippen molar-refractivity contribution in [2.24, 2.45) is 0 Å². The third-order valence-electron chi connectivity index (χ3n) is 1.46. The first-order valence-electron chi connectivity index (χ1n) is 3.33. The van der Waals surface area contributed by atoms with Gasteiger partial charge in [-0.1, -0.05) is 36.9 Å². The van der Waals surface area contributed by atoms with Crippen LogP contribution in [0.1, 0.15) is 5.56 Å². The molecular formula is C9H7F3. The average molecular weight is 172 g/mol. The van der Waals surface area contributed by atoms with Gasteiger partial charge in [-0.2, -0.15) is 13.2 Å². The molecule has 0 heterocycles. The molecule has 3 heteroatoms. The number of hydrogen-bond donors (Lipinski definition) is 0. The van der Waals surface area contributed by atoms with E-state index in [0.717, 1.165) is 0 Å². The van der Waals surface area contributed by atoms with Crippen molar-refractivity contribution in [3.8, 4) is 0 Å². The SMILES string of the molecule is C=C(c1ccccc1)C(F)(F)F. The average Bonchev–Trinajstić information content (AvgIpc) is 2.03. The van der Waals surface area contributed by atoms with Gasteiger partial charge >= 0.3 is 6.18 Å². The molecule has 0 fully saturated rings. The van der Waals surface area contributed by atoms with Gasteiger partial charge in [-0.15, -0.1) is 0 Å². The predicted octanol–water partition coefficient (Wildman–Crippen LogP) is 3.26. The highest BCUT2D eigenvalue weighted by molar-refractivity contribution is 5.67. The van der Waals surface area contributed by atoms with Crippen LogP contribution in [-0.2, 0) is 0 Å². The fourth-order valence-electron chi connectivity index (χ4n) is 0.803. The van der Waals surface area contributed by atoms with Crippen LogP contribution in [0, 0.1) is 0 Å². The van der Waals surface area contributed by atoms with Gasteiger partial charge in [0.05, 0.1) is 5.57 Å². The zero-order valence-electron chi connectivity index (χ0n) is 6.23. The van der Waals surface area contributed by atoms with Crippen LogP contribution in [0.5, 0.6) is 0 Å². The van der Waals surface area contributed by atoms with Gasteiger partial charge < -0.3 is 0 Å². The lowest BCUT2D eigenvalue weighted by Gasteiger charge is -2.08. The van der Waals surface area contributed by atoms with Crippen molar-refractivity contribution in [2.45, 2.75) is 6.18 Å². The molecule has 0 unspecified atom stereocenters. The highest BCUT2D eigenvalue weighted by Crippen LogP contribution is 2.31. The maximum absolute atomic E-state index is 12.0. The van der Waals surface area contributed by atoms with Gasteiger partial charge in [-0.05, 0) is 5.56 Å². The first-order valence-corrected chi connectivity index (χ1v) is 3.33. The van der Waals surface area contributed by atoms with Crippen molar-refractivity contribution in [3.05, 3.63) is 42.5 Å². The molecule has 0 aromatic heterocycles. The maximum atomic E-state index is 12.0. The smallest absolute Gasteiger partial charge is 0.166 e. The zero-order chi connectivity index (χ0) is 9.19. The molecule has 0 aliphatic carbocycles. The van der Waals surface area contributed by atoms with Crippen LogP contribution in [0.15, 0.2) is 36.9 Å². The summed E-state index contributed by atoms with van der Waals surface area (Å²) in [5, 5.41) is 0. The molecule has 0 bridgehead atoms. The molecule has 0 amide bonds. The lowest BCUT2D eigenvalue weighted by molar-refractivity contribution is -0.0686. The number of rotatable bonds is 1. The van der Waals surface area contributed by atoms with E-state index in [2.05, 4.69) is 6.58 Å². The van der Waals surface area contributed by atoms with Gasteiger partial charge in [0.2, 0.25) is 0 Å². The fraction of sp³-hybridized carbons (Fsp3) is 0.111. The van der Waals surface area contributed by atoms with E-state index in [1.54, 1.807) is 18.2 Å². The molecule has 1 aromatic rings. The number of benzene rings is 1. The predicted molar refractivity (Wildman–Crippen MR) is 41.5 cm³/mol. The summed E-state index contributed by atoms with van der Waals surface area (Å²) in [6.07, 6.45) is -4.33. The summed E-state index contributed by atoms with van der Waals surface area (Å²) in [6, 6.07) is 7.53. The van der Waals surface area contributed by atoms with Crippen molar-refractivity contribution < 1.29 is 13.2 Å². The molecule has 0 nitrogen and oxygen atoms in total. The molecule has 0 saturated heterocycles. The third kappa shape index (κ3) is 1.87. The molecule has 0 aliphatic rings. The first-order chi connectivity index (χ1) is 5.52. The van der Waals surface area contributed by atoms with E-state index in [9.17, 15) is 13.2 Å². The van der Waals surface area contributed by atoms with Crippen LogP contribution in [-0.4, -0.2) is 6.18 Å². The van der Waals surface area contributed by atoms with Crippen molar-refractivity contribution in [1.29, 1.82) is 0 Å². The van der Waals surface area contributed by atoms with E-state index in [0.29, 0.717) is 0 Å². The van der Waals surface area contributed by atoms with Crippen LogP contribution in [0.3, 0.4) is 0 Å². The molecular weight excluding hydrogens is 165 g/mol. The summed E-state index contributed by atoms with van der Waals surface area (Å²) in [5.41, 5.74) is -0.687. The molecule has 64 valence electrons. The van der Waals surface area contributed by atoms with Crippen LogP contribution in [0.25, 0.3) is 5.57 Å². The summed E-state index contributed by atoms with van der Waals surface area (Å²) in [7, 11) is 0. The van der Waals surface area contributed by atoms with Crippen molar-refractivity contribution >= 4 is 5.57 Å². The van der Waals surface area contributed by atoms with Gasteiger partial charge in [0.1, 0.15) is 0 Å². The second kappa shape index (κ2) is 3.01. The van der Waals surface area contributed by atoms with Crippen molar-refractivity contribution in [3.63, 3.8) is 0 Å². The standard InChI is InChI=1S/C9H7F3/c1-7(9(10,11)12)8-5-3-2-4-6-8/h2-6H,1H2. The van der Waals surface area contributed by atoms with Crippen LogP contribution in [0.2, 0.25) is 0 Å². The number of alkyl halides is 3. The highest BCUT2D eigenvalue weighted by atomic mass is 19.4. The Morgan fingerprint density at radius 3 is 2.00 bits per heavy atom. The minimum absolute atomic E-state index is 0.116. The molecule has 0 N–H and O–H groups in total. The van der Waals surface area contributed by atoms with Gasteiger partial charge in [0, 0.05) is 0 Å².